The zero-order valence-electron chi connectivity index (χ0n) is 12.9. The Morgan fingerprint density at radius 2 is 2.17 bits per heavy atom. The number of hydrogen-bond donors (Lipinski definition) is 1. The van der Waals surface area contributed by atoms with E-state index in [9.17, 15) is 5.02 Å². The fourth-order valence-corrected chi connectivity index (χ4v) is 2.95. The fourth-order valence-electron chi connectivity index (χ4n) is 2.77. The van der Waals surface area contributed by atoms with Crippen molar-refractivity contribution in [1.29, 1.82) is 0 Å². The minimum Gasteiger partial charge on any atom is -0.437 e. The van der Waals surface area contributed by atoms with Crippen LogP contribution in [0.25, 0.3) is 4.85 Å². The summed E-state index contributed by atoms with van der Waals surface area (Å²) in [4.78, 5) is 7.62. The first kappa shape index (κ1) is 15.8. The standard InChI is InChI=1S/C16H14BClN2O3/c1-8-14(6-5-11-15(8)10(3)23-17(11)21)22-16-12(18)7-13(19-4)9(2)20-16/h5-7,10,21H,1-3H3. The van der Waals surface area contributed by atoms with Crippen LogP contribution >= 0.6 is 11.6 Å². The Morgan fingerprint density at radius 1 is 1.43 bits per heavy atom. The lowest BCUT2D eigenvalue weighted by atomic mass is 9.78. The zero-order chi connectivity index (χ0) is 16.7. The average Bonchev–Trinajstić information content (AvgIpc) is 2.80. The van der Waals surface area contributed by atoms with Crippen LogP contribution in [-0.2, 0) is 4.65 Å². The molecule has 1 aliphatic heterocycles. The first-order valence-corrected chi connectivity index (χ1v) is 7.49. The minimum atomic E-state index is -0.908. The molecule has 2 aromatic rings. The number of pyridine rings is 1. The highest BCUT2D eigenvalue weighted by molar-refractivity contribution is 6.61. The van der Waals surface area contributed by atoms with Crippen LogP contribution in [0.2, 0.25) is 5.02 Å². The van der Waals surface area contributed by atoms with E-state index in [2.05, 4.69) is 9.83 Å². The van der Waals surface area contributed by atoms with Crippen molar-refractivity contribution in [3.8, 4) is 11.6 Å². The summed E-state index contributed by atoms with van der Waals surface area (Å²) in [5.41, 5.74) is 3.50. The number of benzene rings is 1. The van der Waals surface area contributed by atoms with Gasteiger partial charge in [0.05, 0.1) is 17.7 Å². The van der Waals surface area contributed by atoms with E-state index in [-0.39, 0.29) is 17.0 Å². The number of fused-ring (bicyclic) bond motifs is 1. The summed E-state index contributed by atoms with van der Waals surface area (Å²) >= 11 is 6.16. The number of aryl methyl sites for hydroxylation is 1. The van der Waals surface area contributed by atoms with Gasteiger partial charge in [0.2, 0.25) is 11.6 Å². The highest BCUT2D eigenvalue weighted by Crippen LogP contribution is 2.36. The second-order valence-corrected chi connectivity index (χ2v) is 5.82. The molecule has 0 bridgehead atoms. The van der Waals surface area contributed by atoms with Gasteiger partial charge in [-0.25, -0.2) is 9.83 Å². The maximum absolute atomic E-state index is 9.87. The second-order valence-electron chi connectivity index (χ2n) is 5.42. The molecule has 1 aromatic heterocycles. The Kier molecular flexibility index (Phi) is 4.03. The molecule has 0 saturated heterocycles. The van der Waals surface area contributed by atoms with Gasteiger partial charge in [-0.05, 0) is 49.5 Å². The summed E-state index contributed by atoms with van der Waals surface area (Å²) in [7, 11) is -0.908. The van der Waals surface area contributed by atoms with Gasteiger partial charge in [-0.1, -0.05) is 17.7 Å². The molecule has 3 rings (SSSR count). The van der Waals surface area contributed by atoms with E-state index in [1.54, 1.807) is 25.1 Å². The lowest BCUT2D eigenvalue weighted by molar-refractivity contribution is 0.208. The topological polar surface area (TPSA) is 55.9 Å². The van der Waals surface area contributed by atoms with Crippen molar-refractivity contribution < 1.29 is 14.4 Å². The lowest BCUT2D eigenvalue weighted by Crippen LogP contribution is -2.28. The van der Waals surface area contributed by atoms with Gasteiger partial charge in [0.25, 0.3) is 0 Å². The molecular formula is C16H14BClN2O3. The highest BCUT2D eigenvalue weighted by atomic mass is 35.5. The van der Waals surface area contributed by atoms with Crippen LogP contribution in [0.1, 0.15) is 29.8 Å². The number of rotatable bonds is 2. The Hall–Kier alpha value is -2.07. The molecule has 0 spiro atoms. The summed E-state index contributed by atoms with van der Waals surface area (Å²) in [5.74, 6) is 0.851. The molecule has 0 fully saturated rings. The first-order chi connectivity index (χ1) is 10.9. The van der Waals surface area contributed by atoms with Crippen LogP contribution in [0.4, 0.5) is 5.69 Å². The van der Waals surface area contributed by atoms with Crippen molar-refractivity contribution in [2.75, 3.05) is 0 Å². The highest BCUT2D eigenvalue weighted by Gasteiger charge is 2.34. The van der Waals surface area contributed by atoms with Gasteiger partial charge in [-0.3, -0.25) is 0 Å². The SMILES string of the molecule is [C-]#[N+]c1cc(Cl)c(Oc2ccc3c(c2C)C(C)OB3O)nc1C. The van der Waals surface area contributed by atoms with Gasteiger partial charge in [0.1, 0.15) is 5.75 Å². The molecule has 0 radical (unpaired) electrons. The second kappa shape index (κ2) is 5.86. The van der Waals surface area contributed by atoms with Crippen molar-refractivity contribution >= 4 is 29.9 Å². The van der Waals surface area contributed by atoms with E-state index in [4.69, 9.17) is 27.6 Å². The summed E-state index contributed by atoms with van der Waals surface area (Å²) in [6.45, 7) is 12.6. The molecule has 2 heterocycles. The van der Waals surface area contributed by atoms with Crippen molar-refractivity contribution in [3.05, 3.63) is 51.5 Å². The van der Waals surface area contributed by atoms with Gasteiger partial charge in [0.15, 0.2) is 0 Å². The fraction of sp³-hybridized carbons (Fsp3) is 0.250. The van der Waals surface area contributed by atoms with Gasteiger partial charge >= 0.3 is 7.12 Å². The van der Waals surface area contributed by atoms with Gasteiger partial charge < -0.3 is 14.4 Å². The number of ether oxygens (including phenoxy) is 1. The predicted molar refractivity (Wildman–Crippen MR) is 88.6 cm³/mol. The molecule has 1 unspecified atom stereocenters. The van der Waals surface area contributed by atoms with Crippen molar-refractivity contribution in [2.45, 2.75) is 26.9 Å². The van der Waals surface area contributed by atoms with Crippen LogP contribution in [0.5, 0.6) is 11.6 Å². The molecule has 1 N–H and O–H groups in total. The van der Waals surface area contributed by atoms with Gasteiger partial charge in [0, 0.05) is 5.69 Å². The van der Waals surface area contributed by atoms with E-state index in [0.29, 0.717) is 17.1 Å². The van der Waals surface area contributed by atoms with Crippen LogP contribution in [-0.4, -0.2) is 17.1 Å². The monoisotopic (exact) mass is 328 g/mol. The van der Waals surface area contributed by atoms with Gasteiger partial charge in [-0.2, -0.15) is 0 Å². The maximum Gasteiger partial charge on any atom is 0.491 e. The lowest BCUT2D eigenvalue weighted by Gasteiger charge is -2.14. The van der Waals surface area contributed by atoms with Crippen LogP contribution < -0.4 is 10.2 Å². The van der Waals surface area contributed by atoms with Crippen molar-refractivity contribution in [1.82, 2.24) is 4.98 Å². The molecule has 1 aliphatic rings. The molecule has 1 atom stereocenters. The van der Waals surface area contributed by atoms with Crippen molar-refractivity contribution in [3.63, 3.8) is 0 Å². The predicted octanol–water partition coefficient (Wildman–Crippen LogP) is 3.47. The molecular weight excluding hydrogens is 314 g/mol. The Morgan fingerprint density at radius 3 is 2.87 bits per heavy atom. The summed E-state index contributed by atoms with van der Waals surface area (Å²) in [6, 6.07) is 5.08. The molecule has 7 heteroatoms. The smallest absolute Gasteiger partial charge is 0.437 e. The average molecular weight is 329 g/mol. The van der Waals surface area contributed by atoms with Gasteiger partial charge in [-0.15, -0.1) is 0 Å². The first-order valence-electron chi connectivity index (χ1n) is 7.11. The Balaban J connectivity index is 2.01. The van der Waals surface area contributed by atoms with Crippen molar-refractivity contribution in [2.24, 2.45) is 0 Å². The largest absolute Gasteiger partial charge is 0.491 e. The number of aromatic nitrogens is 1. The molecule has 1 aromatic carbocycles. The normalized spacial score (nSPS) is 16.2. The molecule has 23 heavy (non-hydrogen) atoms. The molecule has 0 aliphatic carbocycles. The molecule has 0 amide bonds. The summed E-state index contributed by atoms with van der Waals surface area (Å²) in [5, 5.41) is 10.2. The number of halogens is 1. The zero-order valence-corrected chi connectivity index (χ0v) is 13.7. The van der Waals surface area contributed by atoms with Crippen LogP contribution in [0.15, 0.2) is 18.2 Å². The third-order valence-electron chi connectivity index (χ3n) is 3.94. The Labute approximate surface area is 139 Å². The molecule has 0 saturated carbocycles. The third kappa shape index (κ3) is 2.68. The molecule has 116 valence electrons. The van der Waals surface area contributed by atoms with Crippen LogP contribution in [0, 0.1) is 20.4 Å². The summed E-state index contributed by atoms with van der Waals surface area (Å²) < 4.78 is 11.3. The number of nitrogens with zero attached hydrogens (tertiary/aromatic N) is 2. The van der Waals surface area contributed by atoms with Crippen LogP contribution in [0.3, 0.4) is 0 Å². The molecule has 5 nitrogen and oxygen atoms in total. The van der Waals surface area contributed by atoms with E-state index >= 15 is 0 Å². The summed E-state index contributed by atoms with van der Waals surface area (Å²) in [6.07, 6.45) is -0.210. The Bertz CT molecular complexity index is 835. The van der Waals surface area contributed by atoms with E-state index in [1.165, 1.54) is 0 Å². The van der Waals surface area contributed by atoms with E-state index < -0.39 is 7.12 Å². The van der Waals surface area contributed by atoms with E-state index in [0.717, 1.165) is 16.6 Å². The maximum atomic E-state index is 9.87. The number of hydrogen-bond acceptors (Lipinski definition) is 4. The minimum absolute atomic E-state index is 0.210. The van der Waals surface area contributed by atoms with E-state index in [1.807, 2.05) is 13.8 Å². The third-order valence-corrected chi connectivity index (χ3v) is 4.21. The quantitative estimate of drug-likeness (QED) is 0.677.